The molecule has 36 heavy (non-hydrogen) atoms. The molecule has 180 valence electrons. The van der Waals surface area contributed by atoms with Crippen LogP contribution >= 0.6 is 6.89 Å². The highest BCUT2D eigenvalue weighted by Crippen LogP contribution is 2.43. The largest absolute Gasteiger partial charge is 0.423 e. The van der Waals surface area contributed by atoms with Crippen molar-refractivity contribution in [1.82, 2.24) is 0 Å². The van der Waals surface area contributed by atoms with E-state index < -0.39 is 18.8 Å². The fourth-order valence-corrected chi connectivity index (χ4v) is 7.21. The number of esters is 2. The second kappa shape index (κ2) is 10.6. The Kier molecular flexibility index (Phi) is 7.33. The van der Waals surface area contributed by atoms with Crippen molar-refractivity contribution < 1.29 is 23.9 Å². The van der Waals surface area contributed by atoms with Crippen LogP contribution in [0, 0.1) is 0 Å². The van der Waals surface area contributed by atoms with E-state index in [4.69, 9.17) is 15.8 Å². The predicted octanol–water partition coefficient (Wildman–Crippen LogP) is 4.49. The molecule has 0 aliphatic rings. The van der Waals surface area contributed by atoms with E-state index in [1.807, 2.05) is 78.9 Å². The van der Waals surface area contributed by atoms with Crippen molar-refractivity contribution >= 4 is 46.8 Å². The molecule has 0 amide bonds. The van der Waals surface area contributed by atoms with Gasteiger partial charge in [0.25, 0.3) is 0 Å². The van der Waals surface area contributed by atoms with Crippen LogP contribution in [0.4, 0.5) is 0 Å². The Bertz CT molecular complexity index is 1430. The van der Waals surface area contributed by atoms with Crippen molar-refractivity contribution in [3.8, 4) is 11.5 Å². The third-order valence-electron chi connectivity index (χ3n) is 5.67. The summed E-state index contributed by atoms with van der Waals surface area (Å²) in [5.74, 6) is -1.35. The van der Waals surface area contributed by atoms with Crippen LogP contribution in [0.3, 0.4) is 0 Å². The molecule has 0 aromatic heterocycles. The van der Waals surface area contributed by atoms with E-state index in [1.165, 1.54) is 26.0 Å². The third-order valence-corrected chi connectivity index (χ3v) is 9.24. The topological polar surface area (TPSA) is 69.7 Å². The Morgan fingerprint density at radius 3 is 1.69 bits per heavy atom. The first-order chi connectivity index (χ1) is 17.3. The highest BCUT2D eigenvalue weighted by Gasteiger charge is 2.27. The van der Waals surface area contributed by atoms with Crippen molar-refractivity contribution in [1.29, 1.82) is 0 Å². The van der Waals surface area contributed by atoms with Crippen molar-refractivity contribution in [2.45, 2.75) is 13.8 Å². The molecule has 0 radical (unpaired) electrons. The summed E-state index contributed by atoms with van der Waals surface area (Å²) >= 11 is 0. The van der Waals surface area contributed by atoms with E-state index in [-0.39, 0.29) is 17.3 Å². The van der Waals surface area contributed by atoms with E-state index in [1.54, 1.807) is 12.1 Å². The Hall–Kier alpha value is -4.21. The average Bonchev–Trinajstić information content (AvgIpc) is 2.89. The average molecular weight is 496 g/mol. The minimum absolute atomic E-state index is 0.00262. The van der Waals surface area contributed by atoms with Crippen LogP contribution in [0.15, 0.2) is 103 Å². The van der Waals surface area contributed by atoms with Crippen LogP contribution in [0.1, 0.15) is 29.8 Å². The molecule has 0 aliphatic carbocycles. The van der Waals surface area contributed by atoms with Gasteiger partial charge in [-0.15, -0.1) is 0 Å². The fraction of sp³-hybridized carbons (Fsp3) is 0.0667. The van der Waals surface area contributed by atoms with Crippen LogP contribution < -0.4 is 25.4 Å². The Labute approximate surface area is 210 Å². The molecule has 0 spiro atoms. The monoisotopic (exact) mass is 496 g/mol. The molecule has 4 aromatic carbocycles. The maximum Gasteiger partial charge on any atom is 0.308 e. The molecule has 0 fully saturated rings. The number of carbonyl (C=O) groups is 3. The van der Waals surface area contributed by atoms with Crippen molar-refractivity contribution in [3.05, 3.63) is 114 Å². The summed E-state index contributed by atoms with van der Waals surface area (Å²) in [4.78, 5) is 37.0. The summed E-state index contributed by atoms with van der Waals surface area (Å²) in [5, 5.41) is 2.93. The van der Waals surface area contributed by atoms with E-state index in [9.17, 15) is 14.4 Å². The van der Waals surface area contributed by atoms with Crippen LogP contribution in [-0.4, -0.2) is 24.0 Å². The summed E-state index contributed by atoms with van der Waals surface area (Å²) in [6, 6.07) is 31.9. The maximum atomic E-state index is 13.9. The third kappa shape index (κ3) is 5.07. The lowest BCUT2D eigenvalue weighted by molar-refractivity contribution is -0.134. The highest BCUT2D eigenvalue weighted by atomic mass is 31.2. The summed E-state index contributed by atoms with van der Waals surface area (Å²) < 4.78 is 10.4. The van der Waals surface area contributed by atoms with Crippen LogP contribution in [0.2, 0.25) is 0 Å². The van der Waals surface area contributed by atoms with Gasteiger partial charge in [0.2, 0.25) is 0 Å². The Balaban J connectivity index is 1.88. The molecule has 5 nitrogen and oxygen atoms in total. The maximum absolute atomic E-state index is 13.9. The van der Waals surface area contributed by atoms with Gasteiger partial charge in [0, 0.05) is 25.0 Å². The van der Waals surface area contributed by atoms with Crippen LogP contribution in [-0.2, 0) is 9.59 Å². The molecule has 4 rings (SSSR count). The second-order valence-electron chi connectivity index (χ2n) is 8.18. The second-order valence-corrected chi connectivity index (χ2v) is 11.3. The van der Waals surface area contributed by atoms with Gasteiger partial charge in [-0.2, -0.15) is 0 Å². The van der Waals surface area contributed by atoms with Gasteiger partial charge >= 0.3 is 11.9 Å². The first-order valence-electron chi connectivity index (χ1n) is 11.3. The van der Waals surface area contributed by atoms with Gasteiger partial charge in [-0.1, -0.05) is 91.2 Å². The molecule has 0 N–H and O–H groups in total. The van der Waals surface area contributed by atoms with E-state index in [0.29, 0.717) is 11.1 Å². The standard InChI is InChI=1S/C30H25O5P/c1-21(31)34-27-19-18-23(20-28(27)35-22(2)32)30(33)26-16-10-11-17-29(26)36(3,24-12-6-4-7-13-24)25-14-8-5-9-15-25/h4-20H,3H2,1-2H3. The van der Waals surface area contributed by atoms with E-state index in [2.05, 4.69) is 0 Å². The number of hydrogen-bond acceptors (Lipinski definition) is 5. The lowest BCUT2D eigenvalue weighted by Gasteiger charge is -2.28. The fourth-order valence-electron chi connectivity index (χ4n) is 4.07. The number of carbonyl (C=O) groups excluding carboxylic acids is 3. The van der Waals surface area contributed by atoms with Gasteiger partial charge in [-0.3, -0.25) is 14.4 Å². The molecular weight excluding hydrogens is 471 g/mol. The first-order valence-corrected chi connectivity index (χ1v) is 13.3. The molecule has 0 atom stereocenters. The number of rotatable bonds is 7. The van der Waals surface area contributed by atoms with Crippen LogP contribution in [0.25, 0.3) is 0 Å². The zero-order chi connectivity index (χ0) is 25.7. The summed E-state index contributed by atoms with van der Waals surface area (Å²) in [7, 11) is 0. The number of hydrogen-bond donors (Lipinski definition) is 0. The summed E-state index contributed by atoms with van der Waals surface area (Å²) in [6.07, 6.45) is 4.75. The molecule has 6 heteroatoms. The zero-order valence-electron chi connectivity index (χ0n) is 20.0. The van der Waals surface area contributed by atoms with Gasteiger partial charge in [-0.25, -0.2) is 0 Å². The van der Waals surface area contributed by atoms with Gasteiger partial charge < -0.3 is 9.47 Å². The summed E-state index contributed by atoms with van der Waals surface area (Å²) in [6.45, 7) is 0.0596. The van der Waals surface area contributed by atoms with Crippen molar-refractivity contribution in [2.75, 3.05) is 0 Å². The summed E-state index contributed by atoms with van der Waals surface area (Å²) in [5.41, 5.74) is 0.796. The van der Waals surface area contributed by atoms with Crippen molar-refractivity contribution in [2.24, 2.45) is 0 Å². The molecule has 0 saturated carbocycles. The quantitative estimate of drug-likeness (QED) is 0.163. The zero-order valence-corrected chi connectivity index (χ0v) is 20.9. The molecule has 0 unspecified atom stereocenters. The normalized spacial score (nSPS) is 10.9. The lowest BCUT2D eigenvalue weighted by Crippen LogP contribution is -2.29. The lowest BCUT2D eigenvalue weighted by atomic mass is 10.0. The van der Waals surface area contributed by atoms with Gasteiger partial charge in [0.1, 0.15) is 0 Å². The van der Waals surface area contributed by atoms with Gasteiger partial charge in [-0.05, 0) is 41.0 Å². The van der Waals surface area contributed by atoms with E-state index >= 15 is 0 Å². The van der Waals surface area contributed by atoms with Gasteiger partial charge in [0.15, 0.2) is 17.3 Å². The van der Waals surface area contributed by atoms with Crippen LogP contribution in [0.5, 0.6) is 11.5 Å². The molecule has 0 bridgehead atoms. The number of benzene rings is 4. The van der Waals surface area contributed by atoms with Crippen molar-refractivity contribution in [3.63, 3.8) is 0 Å². The highest BCUT2D eigenvalue weighted by molar-refractivity contribution is 7.93. The molecule has 0 heterocycles. The molecule has 4 aromatic rings. The molecule has 0 saturated heterocycles. The smallest absolute Gasteiger partial charge is 0.308 e. The minimum Gasteiger partial charge on any atom is -0.423 e. The number of ketones is 1. The predicted molar refractivity (Wildman–Crippen MR) is 145 cm³/mol. The SMILES string of the molecule is C=P(c1ccccc1)(c1ccccc1)c1ccccc1C(=O)c1ccc(OC(C)=O)c(OC(C)=O)c1. The van der Waals surface area contributed by atoms with Gasteiger partial charge in [0.05, 0.1) is 0 Å². The Morgan fingerprint density at radius 2 is 1.14 bits per heavy atom. The Morgan fingerprint density at radius 1 is 0.639 bits per heavy atom. The minimum atomic E-state index is -2.43. The first kappa shape index (κ1) is 24.9. The van der Waals surface area contributed by atoms with E-state index in [0.717, 1.165) is 15.9 Å². The molecular formula is C30H25O5P. The number of ether oxygens (including phenoxy) is 2. The molecule has 0 aliphatic heterocycles.